The number of rotatable bonds is 4. The Hall–Kier alpha value is -2.32. The van der Waals surface area contributed by atoms with Gasteiger partial charge in [-0.2, -0.15) is 5.10 Å². The smallest absolute Gasteiger partial charge is 0.275 e. The van der Waals surface area contributed by atoms with E-state index >= 15 is 0 Å². The van der Waals surface area contributed by atoms with E-state index in [9.17, 15) is 9.59 Å². The number of hydrogen-bond donors (Lipinski definition) is 1. The second-order valence-electron chi connectivity index (χ2n) is 4.07. The van der Waals surface area contributed by atoms with E-state index in [-0.39, 0.29) is 30.4 Å². The predicted octanol–water partition coefficient (Wildman–Crippen LogP) is 0.885. The van der Waals surface area contributed by atoms with Crippen LogP contribution in [0.2, 0.25) is 0 Å². The van der Waals surface area contributed by atoms with Crippen LogP contribution >= 0.6 is 11.6 Å². The Morgan fingerprint density at radius 1 is 1.40 bits per heavy atom. The monoisotopic (exact) mass is 289 g/mol. The lowest BCUT2D eigenvalue weighted by Crippen LogP contribution is -2.28. The van der Waals surface area contributed by atoms with Gasteiger partial charge in [-0.05, 0) is 6.07 Å². The van der Waals surface area contributed by atoms with E-state index < -0.39 is 0 Å². The van der Waals surface area contributed by atoms with Gasteiger partial charge in [-0.1, -0.05) is 24.1 Å². The summed E-state index contributed by atoms with van der Waals surface area (Å²) in [4.78, 5) is 23.4. The van der Waals surface area contributed by atoms with Crippen molar-refractivity contribution >= 4 is 28.3 Å². The molecule has 6 heteroatoms. The third kappa shape index (κ3) is 2.81. The molecule has 1 amide bonds. The molecule has 0 saturated heterocycles. The van der Waals surface area contributed by atoms with Gasteiger partial charge in [0, 0.05) is 5.39 Å². The van der Waals surface area contributed by atoms with E-state index in [1.54, 1.807) is 18.2 Å². The average Bonchev–Trinajstić information content (AvgIpc) is 2.48. The van der Waals surface area contributed by atoms with Gasteiger partial charge >= 0.3 is 0 Å². The van der Waals surface area contributed by atoms with Gasteiger partial charge in [-0.3, -0.25) is 9.59 Å². The van der Waals surface area contributed by atoms with Gasteiger partial charge < -0.3 is 5.32 Å². The zero-order valence-corrected chi connectivity index (χ0v) is 11.4. The summed E-state index contributed by atoms with van der Waals surface area (Å²) >= 11 is 5.43. The lowest BCUT2D eigenvalue weighted by molar-refractivity contribution is -0.118. The zero-order valence-electron chi connectivity index (χ0n) is 10.6. The third-order valence-electron chi connectivity index (χ3n) is 2.76. The van der Waals surface area contributed by atoms with Crippen LogP contribution in [0.3, 0.4) is 0 Å². The van der Waals surface area contributed by atoms with Gasteiger partial charge in [0.25, 0.3) is 5.56 Å². The Labute approximate surface area is 120 Å². The summed E-state index contributed by atoms with van der Waals surface area (Å²) in [5, 5.41) is 8.05. The standard InChI is InChI=1S/C14H12ClN3O2/c1-2-7-18-14(20)11-6-4-3-5-10(11)12(17-18)9-16-13(19)8-15/h1,3-6H,7-9H2,(H,16,19). The van der Waals surface area contributed by atoms with Crippen LogP contribution in [0, 0.1) is 12.3 Å². The van der Waals surface area contributed by atoms with Crippen LogP contribution in [-0.4, -0.2) is 21.6 Å². The summed E-state index contributed by atoms with van der Waals surface area (Å²) in [6, 6.07) is 7.07. The number of amides is 1. The van der Waals surface area contributed by atoms with Crippen LogP contribution in [0.1, 0.15) is 5.69 Å². The van der Waals surface area contributed by atoms with Crippen molar-refractivity contribution in [3.8, 4) is 12.3 Å². The zero-order chi connectivity index (χ0) is 14.5. The lowest BCUT2D eigenvalue weighted by Gasteiger charge is -2.09. The highest BCUT2D eigenvalue weighted by Gasteiger charge is 2.10. The van der Waals surface area contributed by atoms with E-state index in [1.807, 2.05) is 6.07 Å². The molecule has 1 aromatic heterocycles. The topological polar surface area (TPSA) is 64.0 Å². The van der Waals surface area contributed by atoms with E-state index in [4.69, 9.17) is 18.0 Å². The van der Waals surface area contributed by atoms with Crippen molar-refractivity contribution in [3.05, 3.63) is 40.3 Å². The SMILES string of the molecule is C#CCn1nc(CNC(=O)CCl)c2ccccc2c1=O. The molecule has 5 nitrogen and oxygen atoms in total. The predicted molar refractivity (Wildman–Crippen MR) is 77.4 cm³/mol. The Kier molecular flexibility index (Phi) is 4.38. The first-order chi connectivity index (χ1) is 9.67. The minimum absolute atomic E-state index is 0.0835. The van der Waals surface area contributed by atoms with Crippen molar-refractivity contribution in [2.45, 2.75) is 13.1 Å². The fourth-order valence-corrected chi connectivity index (χ4v) is 1.95. The number of aromatic nitrogens is 2. The van der Waals surface area contributed by atoms with Gasteiger partial charge in [0.2, 0.25) is 5.91 Å². The Balaban J connectivity index is 2.52. The number of fused-ring (bicyclic) bond motifs is 1. The van der Waals surface area contributed by atoms with Crippen LogP contribution in [0.15, 0.2) is 29.1 Å². The fourth-order valence-electron chi connectivity index (χ4n) is 1.86. The maximum absolute atomic E-state index is 12.2. The molecule has 0 spiro atoms. The largest absolute Gasteiger partial charge is 0.349 e. The van der Waals surface area contributed by atoms with Gasteiger partial charge in [-0.15, -0.1) is 18.0 Å². The molecule has 0 bridgehead atoms. The first-order valence-electron chi connectivity index (χ1n) is 5.92. The number of hydrogen-bond acceptors (Lipinski definition) is 3. The molecule has 0 fully saturated rings. The summed E-state index contributed by atoms with van der Waals surface area (Å²) in [7, 11) is 0. The number of carbonyl (C=O) groups excluding carboxylic acids is 1. The van der Waals surface area contributed by atoms with Crippen LogP contribution in [0.25, 0.3) is 10.8 Å². The summed E-state index contributed by atoms with van der Waals surface area (Å²) in [5.74, 6) is 1.96. The molecule has 0 saturated carbocycles. The van der Waals surface area contributed by atoms with Crippen LogP contribution < -0.4 is 10.9 Å². The molecule has 2 rings (SSSR count). The number of halogens is 1. The molecule has 20 heavy (non-hydrogen) atoms. The summed E-state index contributed by atoms with van der Waals surface area (Å²) < 4.78 is 1.21. The number of alkyl halides is 1. The van der Waals surface area contributed by atoms with E-state index in [0.29, 0.717) is 16.5 Å². The molecule has 1 N–H and O–H groups in total. The maximum Gasteiger partial charge on any atom is 0.275 e. The number of carbonyl (C=O) groups is 1. The van der Waals surface area contributed by atoms with Gasteiger partial charge in [0.1, 0.15) is 12.4 Å². The van der Waals surface area contributed by atoms with Gasteiger partial charge in [-0.25, -0.2) is 4.68 Å². The number of nitrogens with one attached hydrogen (secondary N) is 1. The summed E-state index contributed by atoms with van der Waals surface area (Å²) in [5.41, 5.74) is 0.333. The molecule has 0 aliphatic heterocycles. The molecular formula is C14H12ClN3O2. The van der Waals surface area contributed by atoms with E-state index in [0.717, 1.165) is 0 Å². The van der Waals surface area contributed by atoms with Gasteiger partial charge in [0.15, 0.2) is 0 Å². The second kappa shape index (κ2) is 6.22. The maximum atomic E-state index is 12.2. The highest BCUT2D eigenvalue weighted by atomic mass is 35.5. The molecule has 2 aromatic rings. The first-order valence-corrected chi connectivity index (χ1v) is 6.45. The fraction of sp³-hybridized carbons (Fsp3) is 0.214. The number of benzene rings is 1. The van der Waals surface area contributed by atoms with Crippen LogP contribution in [0.5, 0.6) is 0 Å². The van der Waals surface area contributed by atoms with Crippen molar-refractivity contribution < 1.29 is 4.79 Å². The lowest BCUT2D eigenvalue weighted by atomic mass is 10.1. The quantitative estimate of drug-likeness (QED) is 0.671. The van der Waals surface area contributed by atoms with Crippen molar-refractivity contribution in [2.24, 2.45) is 0 Å². The number of nitrogens with zero attached hydrogens (tertiary/aromatic N) is 2. The van der Waals surface area contributed by atoms with E-state index in [2.05, 4.69) is 16.3 Å². The molecule has 1 heterocycles. The van der Waals surface area contributed by atoms with Gasteiger partial charge in [0.05, 0.1) is 17.6 Å². The Morgan fingerprint density at radius 3 is 2.75 bits per heavy atom. The second-order valence-corrected chi connectivity index (χ2v) is 4.34. The molecule has 0 aliphatic carbocycles. The third-order valence-corrected chi connectivity index (χ3v) is 3.00. The van der Waals surface area contributed by atoms with E-state index in [1.165, 1.54) is 4.68 Å². The molecule has 1 aromatic carbocycles. The van der Waals surface area contributed by atoms with Crippen molar-refractivity contribution in [1.29, 1.82) is 0 Å². The van der Waals surface area contributed by atoms with Crippen LogP contribution in [-0.2, 0) is 17.9 Å². The van der Waals surface area contributed by atoms with Crippen LogP contribution in [0.4, 0.5) is 0 Å². The summed E-state index contributed by atoms with van der Waals surface area (Å²) in [6.45, 7) is 0.275. The Bertz CT molecular complexity index is 746. The minimum atomic E-state index is -0.299. The molecule has 102 valence electrons. The average molecular weight is 290 g/mol. The molecule has 0 atom stereocenters. The van der Waals surface area contributed by atoms with Crippen molar-refractivity contribution in [1.82, 2.24) is 15.1 Å². The molecule has 0 unspecified atom stereocenters. The minimum Gasteiger partial charge on any atom is -0.349 e. The highest BCUT2D eigenvalue weighted by Crippen LogP contribution is 2.12. The Morgan fingerprint density at radius 2 is 2.10 bits per heavy atom. The van der Waals surface area contributed by atoms with Crippen molar-refractivity contribution in [3.63, 3.8) is 0 Å². The molecule has 0 radical (unpaired) electrons. The normalized spacial score (nSPS) is 10.2. The molecule has 0 aliphatic rings. The molecular weight excluding hydrogens is 278 g/mol. The first kappa shape index (κ1) is 14.1. The van der Waals surface area contributed by atoms with Crippen molar-refractivity contribution in [2.75, 3.05) is 5.88 Å². The number of terminal acetylenes is 1. The highest BCUT2D eigenvalue weighted by molar-refractivity contribution is 6.27. The summed E-state index contributed by atoms with van der Waals surface area (Å²) in [6.07, 6.45) is 5.23.